The van der Waals surface area contributed by atoms with Crippen LogP contribution in [0, 0.1) is 0 Å². The van der Waals surface area contributed by atoms with Crippen molar-refractivity contribution in [3.05, 3.63) is 66.2 Å². The van der Waals surface area contributed by atoms with E-state index < -0.39 is 5.97 Å². The number of rotatable bonds is 6. The quantitative estimate of drug-likeness (QED) is 0.384. The van der Waals surface area contributed by atoms with Gasteiger partial charge in [-0.3, -0.25) is 4.79 Å². The van der Waals surface area contributed by atoms with Gasteiger partial charge >= 0.3 is 5.97 Å². The van der Waals surface area contributed by atoms with Gasteiger partial charge < -0.3 is 14.6 Å². The molecule has 1 N–H and O–H groups in total. The van der Waals surface area contributed by atoms with Crippen LogP contribution in [0.4, 0.5) is 0 Å². The van der Waals surface area contributed by atoms with E-state index in [1.807, 2.05) is 0 Å². The highest BCUT2D eigenvalue weighted by atomic mass is 16.5. The first kappa shape index (κ1) is 15.3. The van der Waals surface area contributed by atoms with Crippen molar-refractivity contribution in [3.63, 3.8) is 0 Å². The second-order valence-corrected chi connectivity index (χ2v) is 4.35. The molecule has 22 heavy (non-hydrogen) atoms. The normalized spacial score (nSPS) is 9.82. The molecule has 0 radical (unpaired) electrons. The number of benzene rings is 2. The van der Waals surface area contributed by atoms with Gasteiger partial charge in [-0.2, -0.15) is 0 Å². The number of hydrogen-bond donors (Lipinski definition) is 1. The molecule has 5 heteroatoms. The van der Waals surface area contributed by atoms with Crippen LogP contribution in [0.15, 0.2) is 55.1 Å². The average Bonchev–Trinajstić information content (AvgIpc) is 2.55. The zero-order chi connectivity index (χ0) is 15.9. The summed E-state index contributed by atoms with van der Waals surface area (Å²) in [7, 11) is 0. The minimum absolute atomic E-state index is 0.0541. The molecule has 0 bridgehead atoms. The van der Waals surface area contributed by atoms with Gasteiger partial charge in [-0.15, -0.1) is 0 Å². The number of aldehydes is 1. The van der Waals surface area contributed by atoms with Crippen LogP contribution in [-0.2, 0) is 0 Å². The van der Waals surface area contributed by atoms with Gasteiger partial charge in [0.05, 0.1) is 11.1 Å². The van der Waals surface area contributed by atoms with E-state index in [1.165, 1.54) is 18.2 Å². The highest BCUT2D eigenvalue weighted by Crippen LogP contribution is 2.22. The zero-order valence-corrected chi connectivity index (χ0v) is 11.7. The van der Waals surface area contributed by atoms with E-state index in [2.05, 4.69) is 6.58 Å². The highest BCUT2D eigenvalue weighted by molar-refractivity contribution is 5.91. The highest BCUT2D eigenvalue weighted by Gasteiger charge is 2.10. The summed E-state index contributed by atoms with van der Waals surface area (Å²) in [6, 6.07) is 10.4. The maximum absolute atomic E-state index is 12.0. The van der Waals surface area contributed by atoms with Crippen LogP contribution in [0.5, 0.6) is 17.2 Å². The summed E-state index contributed by atoms with van der Waals surface area (Å²) in [5.41, 5.74) is 0.394. The van der Waals surface area contributed by atoms with Gasteiger partial charge in [0.25, 0.3) is 0 Å². The number of phenols is 1. The number of aromatic hydroxyl groups is 1. The Hall–Kier alpha value is -3.08. The van der Waals surface area contributed by atoms with Gasteiger partial charge in [-0.25, -0.2) is 4.79 Å². The Morgan fingerprint density at radius 1 is 1.14 bits per heavy atom. The molecular formula is C17H14O5. The van der Waals surface area contributed by atoms with Crippen molar-refractivity contribution in [2.24, 2.45) is 0 Å². The van der Waals surface area contributed by atoms with Gasteiger partial charge in [0, 0.05) is 0 Å². The Balaban J connectivity index is 2.08. The summed E-state index contributed by atoms with van der Waals surface area (Å²) in [6.45, 7) is 3.93. The van der Waals surface area contributed by atoms with Crippen molar-refractivity contribution in [2.45, 2.75) is 0 Å². The zero-order valence-electron chi connectivity index (χ0n) is 11.7. The average molecular weight is 298 g/mol. The standard InChI is InChI=1S/C17H14O5/c1-2-9-21-14-5-3-12(4-6-14)17(20)22-15-7-8-16(19)13(10-15)11-18/h2-8,10-11,19H,1,9H2. The molecule has 0 fully saturated rings. The second kappa shape index (κ2) is 7.08. The molecule has 0 atom stereocenters. The minimum atomic E-state index is -0.571. The van der Waals surface area contributed by atoms with Gasteiger partial charge in [0.15, 0.2) is 6.29 Å². The molecule has 0 aromatic heterocycles. The van der Waals surface area contributed by atoms with Gasteiger partial charge in [-0.05, 0) is 42.5 Å². The van der Waals surface area contributed by atoms with Crippen molar-refractivity contribution in [1.82, 2.24) is 0 Å². The van der Waals surface area contributed by atoms with Crippen LogP contribution in [0.2, 0.25) is 0 Å². The lowest BCUT2D eigenvalue weighted by atomic mass is 10.2. The van der Waals surface area contributed by atoms with Crippen molar-refractivity contribution in [3.8, 4) is 17.2 Å². The van der Waals surface area contributed by atoms with Crippen molar-refractivity contribution >= 4 is 12.3 Å². The lowest BCUT2D eigenvalue weighted by Gasteiger charge is -2.07. The minimum Gasteiger partial charge on any atom is -0.507 e. The van der Waals surface area contributed by atoms with E-state index in [0.29, 0.717) is 24.2 Å². The summed E-state index contributed by atoms with van der Waals surface area (Å²) in [5, 5.41) is 9.39. The molecule has 0 unspecified atom stereocenters. The fourth-order valence-corrected chi connectivity index (χ4v) is 1.70. The molecule has 0 saturated heterocycles. The molecule has 2 aromatic carbocycles. The maximum atomic E-state index is 12.0. The maximum Gasteiger partial charge on any atom is 0.343 e. The lowest BCUT2D eigenvalue weighted by molar-refractivity contribution is 0.0734. The third-order valence-corrected chi connectivity index (χ3v) is 2.79. The third-order valence-electron chi connectivity index (χ3n) is 2.79. The van der Waals surface area contributed by atoms with Crippen LogP contribution in [0.25, 0.3) is 0 Å². The molecule has 0 amide bonds. The summed E-state index contributed by atoms with van der Waals surface area (Å²) in [6.07, 6.45) is 2.11. The Morgan fingerprint density at radius 3 is 2.45 bits per heavy atom. The van der Waals surface area contributed by atoms with Gasteiger partial charge in [-0.1, -0.05) is 12.7 Å². The lowest BCUT2D eigenvalue weighted by Crippen LogP contribution is -2.08. The van der Waals surface area contributed by atoms with E-state index in [-0.39, 0.29) is 17.1 Å². The van der Waals surface area contributed by atoms with E-state index >= 15 is 0 Å². The summed E-state index contributed by atoms with van der Waals surface area (Å²) < 4.78 is 10.5. The first-order chi connectivity index (χ1) is 10.6. The molecule has 112 valence electrons. The fraction of sp³-hybridized carbons (Fsp3) is 0.0588. The molecule has 2 rings (SSSR count). The Kier molecular flexibility index (Phi) is 4.93. The monoisotopic (exact) mass is 298 g/mol. The molecule has 5 nitrogen and oxygen atoms in total. The molecule has 0 saturated carbocycles. The first-order valence-corrected chi connectivity index (χ1v) is 6.48. The Labute approximate surface area is 127 Å². The van der Waals surface area contributed by atoms with E-state index in [9.17, 15) is 14.7 Å². The van der Waals surface area contributed by atoms with Crippen molar-refractivity contribution < 1.29 is 24.2 Å². The first-order valence-electron chi connectivity index (χ1n) is 6.48. The van der Waals surface area contributed by atoms with Crippen LogP contribution in [0.1, 0.15) is 20.7 Å². The molecule has 0 aliphatic carbocycles. The Morgan fingerprint density at radius 2 is 1.82 bits per heavy atom. The van der Waals surface area contributed by atoms with E-state index in [1.54, 1.807) is 30.3 Å². The smallest absolute Gasteiger partial charge is 0.343 e. The predicted molar refractivity (Wildman–Crippen MR) is 80.6 cm³/mol. The number of ether oxygens (including phenoxy) is 2. The third kappa shape index (κ3) is 3.73. The summed E-state index contributed by atoms with van der Waals surface area (Å²) >= 11 is 0. The topological polar surface area (TPSA) is 72.8 Å². The van der Waals surface area contributed by atoms with Crippen LogP contribution in [0.3, 0.4) is 0 Å². The molecule has 0 heterocycles. The SMILES string of the molecule is C=CCOc1ccc(C(=O)Oc2ccc(O)c(C=O)c2)cc1. The van der Waals surface area contributed by atoms with Crippen molar-refractivity contribution in [1.29, 1.82) is 0 Å². The van der Waals surface area contributed by atoms with E-state index in [0.717, 1.165) is 0 Å². The van der Waals surface area contributed by atoms with Crippen LogP contribution >= 0.6 is 0 Å². The Bertz CT molecular complexity index is 689. The molecule has 0 aliphatic rings. The van der Waals surface area contributed by atoms with E-state index in [4.69, 9.17) is 9.47 Å². The largest absolute Gasteiger partial charge is 0.507 e. The molecule has 2 aromatic rings. The number of esters is 1. The number of carbonyl (C=O) groups excluding carboxylic acids is 2. The second-order valence-electron chi connectivity index (χ2n) is 4.35. The summed E-state index contributed by atoms with van der Waals surface area (Å²) in [5.74, 6) is 0.0533. The summed E-state index contributed by atoms with van der Waals surface area (Å²) in [4.78, 5) is 22.7. The molecule has 0 aliphatic heterocycles. The van der Waals surface area contributed by atoms with Gasteiger partial charge in [0.1, 0.15) is 23.9 Å². The molecular weight excluding hydrogens is 284 g/mol. The number of hydrogen-bond acceptors (Lipinski definition) is 5. The molecule has 0 spiro atoms. The van der Waals surface area contributed by atoms with Crippen LogP contribution in [-0.4, -0.2) is 24.0 Å². The predicted octanol–water partition coefficient (Wildman–Crippen LogP) is 2.99. The van der Waals surface area contributed by atoms with Gasteiger partial charge in [0.2, 0.25) is 0 Å². The van der Waals surface area contributed by atoms with Crippen molar-refractivity contribution in [2.75, 3.05) is 6.61 Å². The number of phenolic OH excluding ortho intramolecular Hbond substituents is 1. The number of carbonyl (C=O) groups is 2. The fourth-order valence-electron chi connectivity index (χ4n) is 1.70. The van der Waals surface area contributed by atoms with Crippen LogP contribution < -0.4 is 9.47 Å².